The third-order valence-corrected chi connectivity index (χ3v) is 16.1. The van der Waals surface area contributed by atoms with Gasteiger partial charge in [0.2, 0.25) is 0 Å². The van der Waals surface area contributed by atoms with Gasteiger partial charge in [0.1, 0.15) is 0 Å². The first-order valence-corrected chi connectivity index (χ1v) is 15.0. The molecule has 1 aliphatic heterocycles. The van der Waals surface area contributed by atoms with Gasteiger partial charge in [0.15, 0.2) is 0 Å². The van der Waals surface area contributed by atoms with Crippen LogP contribution in [0.15, 0.2) is 0 Å². The highest BCUT2D eigenvalue weighted by molar-refractivity contribution is 6.81. The van der Waals surface area contributed by atoms with Crippen LogP contribution < -0.4 is 0 Å². The second kappa shape index (κ2) is 6.87. The zero-order valence-corrected chi connectivity index (χ0v) is 16.3. The summed E-state index contributed by atoms with van der Waals surface area (Å²) in [7, 11) is -8.91. The molecule has 6 nitrogen and oxygen atoms in total. The topological polar surface area (TPSA) is 55.4 Å². The second-order valence-corrected chi connectivity index (χ2v) is 14.3. The monoisotopic (exact) mass is 328 g/mol. The SMILES string of the molecule is CCO[Si]1(C)O[SiH](C)O[Si](C)(OCC)O[SiH](C)O1. The van der Waals surface area contributed by atoms with Crippen LogP contribution in [-0.2, 0) is 25.3 Å². The quantitative estimate of drug-likeness (QED) is 0.717. The molecule has 0 aromatic carbocycles. The van der Waals surface area contributed by atoms with Gasteiger partial charge in [0.25, 0.3) is 0 Å². The van der Waals surface area contributed by atoms with Crippen LogP contribution in [0.5, 0.6) is 0 Å². The molecule has 10 heteroatoms. The molecule has 0 N–H and O–H groups in total. The van der Waals surface area contributed by atoms with Crippen molar-refractivity contribution >= 4 is 36.2 Å². The molecular formula is C8H24O6Si4. The predicted octanol–water partition coefficient (Wildman–Crippen LogP) is 0.977. The van der Waals surface area contributed by atoms with Gasteiger partial charge in [-0.15, -0.1) is 0 Å². The Bertz CT molecular complexity index is 230. The van der Waals surface area contributed by atoms with Crippen LogP contribution in [0.4, 0.5) is 0 Å². The lowest BCUT2D eigenvalue weighted by Crippen LogP contribution is -2.60. The minimum atomic E-state index is -2.59. The summed E-state index contributed by atoms with van der Waals surface area (Å²) in [6.45, 7) is 12.7. The molecule has 0 aromatic rings. The molecule has 0 bridgehead atoms. The van der Waals surface area contributed by atoms with Gasteiger partial charge in [-0.1, -0.05) is 0 Å². The Morgan fingerprint density at radius 1 is 0.778 bits per heavy atom. The Morgan fingerprint density at radius 2 is 1.06 bits per heavy atom. The van der Waals surface area contributed by atoms with Crippen LogP contribution in [0.1, 0.15) is 13.8 Å². The maximum absolute atomic E-state index is 5.95. The molecular weight excluding hydrogens is 304 g/mol. The fourth-order valence-corrected chi connectivity index (χ4v) is 16.4. The van der Waals surface area contributed by atoms with Crippen LogP contribution in [0, 0.1) is 0 Å². The lowest BCUT2D eigenvalue weighted by molar-refractivity contribution is 0.112. The normalized spacial score (nSPS) is 42.3. The van der Waals surface area contributed by atoms with E-state index in [2.05, 4.69) is 0 Å². The lowest BCUT2D eigenvalue weighted by Gasteiger charge is -2.39. The summed E-state index contributed by atoms with van der Waals surface area (Å²) in [4.78, 5) is 0. The smallest absolute Gasteiger partial charge is 0.396 e. The number of rotatable bonds is 4. The summed E-state index contributed by atoms with van der Waals surface area (Å²) >= 11 is 0. The van der Waals surface area contributed by atoms with Crippen LogP contribution in [0.3, 0.4) is 0 Å². The van der Waals surface area contributed by atoms with Crippen LogP contribution in [0.2, 0.25) is 26.2 Å². The van der Waals surface area contributed by atoms with Crippen molar-refractivity contribution < 1.29 is 25.3 Å². The fraction of sp³-hybridized carbons (Fsp3) is 1.00. The van der Waals surface area contributed by atoms with Gasteiger partial charge in [0, 0.05) is 26.3 Å². The first-order chi connectivity index (χ1) is 8.32. The summed E-state index contributed by atoms with van der Waals surface area (Å²) in [6.07, 6.45) is 0. The van der Waals surface area contributed by atoms with E-state index < -0.39 is 36.2 Å². The summed E-state index contributed by atoms with van der Waals surface area (Å²) in [6, 6.07) is 0. The number of hydrogen-bond donors (Lipinski definition) is 0. The molecule has 0 radical (unpaired) electrons. The van der Waals surface area contributed by atoms with E-state index in [1.807, 2.05) is 40.0 Å². The van der Waals surface area contributed by atoms with Crippen LogP contribution >= 0.6 is 0 Å². The molecule has 0 aliphatic carbocycles. The Morgan fingerprint density at radius 3 is 1.28 bits per heavy atom. The summed E-state index contributed by atoms with van der Waals surface area (Å²) in [5.74, 6) is 0. The minimum Gasteiger partial charge on any atom is -0.396 e. The summed E-state index contributed by atoms with van der Waals surface area (Å²) in [5.41, 5.74) is 0. The van der Waals surface area contributed by atoms with Crippen LogP contribution in [0.25, 0.3) is 0 Å². The highest BCUT2D eigenvalue weighted by Crippen LogP contribution is 2.22. The first-order valence-electron chi connectivity index (χ1n) is 6.31. The van der Waals surface area contributed by atoms with Gasteiger partial charge >= 0.3 is 36.2 Å². The zero-order valence-electron chi connectivity index (χ0n) is 12.0. The van der Waals surface area contributed by atoms with E-state index in [0.29, 0.717) is 13.2 Å². The van der Waals surface area contributed by atoms with E-state index in [-0.39, 0.29) is 0 Å². The zero-order chi connectivity index (χ0) is 13.8. The predicted molar refractivity (Wildman–Crippen MR) is 76.9 cm³/mol. The number of hydrogen-bond acceptors (Lipinski definition) is 6. The molecule has 1 rings (SSSR count). The van der Waals surface area contributed by atoms with Crippen molar-refractivity contribution in [2.24, 2.45) is 0 Å². The second-order valence-electron chi connectivity index (χ2n) is 4.20. The van der Waals surface area contributed by atoms with Gasteiger partial charge in [0.05, 0.1) is 0 Å². The molecule has 1 saturated heterocycles. The maximum atomic E-state index is 5.95. The first kappa shape index (κ1) is 16.7. The molecule has 0 unspecified atom stereocenters. The van der Waals surface area contributed by atoms with Crippen molar-refractivity contribution in [2.45, 2.75) is 40.0 Å². The molecule has 0 saturated carbocycles. The highest BCUT2D eigenvalue weighted by atomic mass is 28.5. The van der Waals surface area contributed by atoms with Crippen molar-refractivity contribution in [3.8, 4) is 0 Å². The van der Waals surface area contributed by atoms with Crippen molar-refractivity contribution in [3.63, 3.8) is 0 Å². The average molecular weight is 329 g/mol. The van der Waals surface area contributed by atoms with Crippen molar-refractivity contribution in [2.75, 3.05) is 13.2 Å². The van der Waals surface area contributed by atoms with E-state index >= 15 is 0 Å². The van der Waals surface area contributed by atoms with E-state index in [0.717, 1.165) is 0 Å². The Hall–Kier alpha value is 0.628. The molecule has 0 spiro atoms. The van der Waals surface area contributed by atoms with Gasteiger partial charge < -0.3 is 25.3 Å². The van der Waals surface area contributed by atoms with E-state index in [1.54, 1.807) is 0 Å². The van der Waals surface area contributed by atoms with Crippen LogP contribution in [-0.4, -0.2) is 49.4 Å². The Kier molecular flexibility index (Phi) is 6.37. The van der Waals surface area contributed by atoms with E-state index in [4.69, 9.17) is 25.3 Å². The van der Waals surface area contributed by atoms with E-state index in [1.165, 1.54) is 0 Å². The van der Waals surface area contributed by atoms with E-state index in [9.17, 15) is 0 Å². The standard InChI is InChI=1S/C8H24O6Si4/c1-7-9-17(5)11-15(3)13-18(6,10-8-2)14-16(4)12-17/h15-16H,7-8H2,1-6H3. The summed E-state index contributed by atoms with van der Waals surface area (Å²) in [5, 5.41) is 0. The van der Waals surface area contributed by atoms with Gasteiger partial charge in [-0.3, -0.25) is 0 Å². The molecule has 108 valence electrons. The average Bonchev–Trinajstić information content (AvgIpc) is 2.13. The minimum absolute atomic E-state index is 0.575. The molecule has 1 heterocycles. The summed E-state index contributed by atoms with van der Waals surface area (Å²) < 4.78 is 35.1. The van der Waals surface area contributed by atoms with Gasteiger partial charge in [-0.25, -0.2) is 0 Å². The molecule has 1 fully saturated rings. The fourth-order valence-electron chi connectivity index (χ4n) is 1.97. The molecule has 1 aliphatic rings. The lowest BCUT2D eigenvalue weighted by atomic mass is 10.9. The van der Waals surface area contributed by atoms with Gasteiger partial charge in [-0.2, -0.15) is 0 Å². The molecule has 18 heavy (non-hydrogen) atoms. The third-order valence-electron chi connectivity index (χ3n) is 2.33. The molecule has 0 atom stereocenters. The Balaban J connectivity index is 2.77. The van der Waals surface area contributed by atoms with Gasteiger partial charge in [-0.05, 0) is 26.9 Å². The maximum Gasteiger partial charge on any atom is 0.479 e. The Labute approximate surface area is 115 Å². The van der Waals surface area contributed by atoms with Crippen molar-refractivity contribution in [1.29, 1.82) is 0 Å². The largest absolute Gasteiger partial charge is 0.479 e. The third kappa shape index (κ3) is 4.95. The molecule has 0 aromatic heterocycles. The highest BCUT2D eigenvalue weighted by Gasteiger charge is 2.48. The molecule has 0 amide bonds. The van der Waals surface area contributed by atoms with Crippen molar-refractivity contribution in [3.05, 3.63) is 0 Å². The van der Waals surface area contributed by atoms with Crippen molar-refractivity contribution in [1.82, 2.24) is 0 Å².